The standard InChI is InChI=1S/C16H13N3/c1-10-5-6-11-8-15(18-14(11)7-10)13-4-2-3-12-9-17-19-16(12)13/h2-7H,8-9H2,1H3. The number of rotatable bonds is 1. The maximum absolute atomic E-state index is 4.78. The first kappa shape index (κ1) is 10.6. The van der Waals surface area contributed by atoms with Gasteiger partial charge in [0.2, 0.25) is 0 Å². The first-order valence-corrected chi connectivity index (χ1v) is 6.48. The summed E-state index contributed by atoms with van der Waals surface area (Å²) in [6.45, 7) is 2.80. The molecule has 0 saturated carbocycles. The first-order chi connectivity index (χ1) is 9.31. The average Bonchev–Trinajstić information content (AvgIpc) is 3.03. The molecule has 0 atom stereocenters. The van der Waals surface area contributed by atoms with Crippen LogP contribution in [0.15, 0.2) is 51.6 Å². The Kier molecular flexibility index (Phi) is 2.15. The smallest absolute Gasteiger partial charge is 0.0994 e. The SMILES string of the molecule is Cc1ccc2c(c1)N=C(c1cccc3c1N=NC3)C2. The molecule has 2 aromatic rings. The third kappa shape index (κ3) is 1.62. The zero-order valence-corrected chi connectivity index (χ0v) is 10.7. The Labute approximate surface area is 111 Å². The van der Waals surface area contributed by atoms with Crippen LogP contribution in [0.1, 0.15) is 22.3 Å². The van der Waals surface area contributed by atoms with E-state index in [1.54, 1.807) is 0 Å². The van der Waals surface area contributed by atoms with Crippen LogP contribution in [0.3, 0.4) is 0 Å². The summed E-state index contributed by atoms with van der Waals surface area (Å²) < 4.78 is 0. The molecule has 0 aromatic heterocycles. The van der Waals surface area contributed by atoms with E-state index in [2.05, 4.69) is 53.6 Å². The lowest BCUT2D eigenvalue weighted by molar-refractivity contribution is 1.04. The Morgan fingerprint density at radius 2 is 2.00 bits per heavy atom. The van der Waals surface area contributed by atoms with Crippen LogP contribution in [0.2, 0.25) is 0 Å². The predicted octanol–water partition coefficient (Wildman–Crippen LogP) is 4.27. The number of azo groups is 1. The van der Waals surface area contributed by atoms with Crippen LogP contribution in [-0.4, -0.2) is 5.71 Å². The number of nitrogens with zero attached hydrogens (tertiary/aromatic N) is 3. The molecule has 2 heterocycles. The second-order valence-corrected chi connectivity index (χ2v) is 5.08. The Bertz CT molecular complexity index is 742. The van der Waals surface area contributed by atoms with Crippen molar-refractivity contribution >= 4 is 17.1 Å². The molecule has 0 spiro atoms. The molecule has 2 aliphatic heterocycles. The van der Waals surface area contributed by atoms with E-state index in [1.807, 2.05) is 0 Å². The normalized spacial score (nSPS) is 15.3. The van der Waals surface area contributed by atoms with Gasteiger partial charge < -0.3 is 0 Å². The van der Waals surface area contributed by atoms with E-state index >= 15 is 0 Å². The van der Waals surface area contributed by atoms with Crippen molar-refractivity contribution in [1.29, 1.82) is 0 Å². The number of hydrogen-bond acceptors (Lipinski definition) is 3. The lowest BCUT2D eigenvalue weighted by atomic mass is 10.00. The average molecular weight is 247 g/mol. The summed E-state index contributed by atoms with van der Waals surface area (Å²) in [5, 5.41) is 8.38. The molecule has 3 nitrogen and oxygen atoms in total. The van der Waals surface area contributed by atoms with Crippen molar-refractivity contribution in [3.8, 4) is 0 Å². The van der Waals surface area contributed by atoms with Crippen LogP contribution in [0.4, 0.5) is 11.4 Å². The van der Waals surface area contributed by atoms with Crippen LogP contribution in [-0.2, 0) is 13.0 Å². The van der Waals surface area contributed by atoms with E-state index in [4.69, 9.17) is 4.99 Å². The fourth-order valence-electron chi connectivity index (χ4n) is 2.70. The second-order valence-electron chi connectivity index (χ2n) is 5.08. The molecular formula is C16H13N3. The van der Waals surface area contributed by atoms with Crippen molar-refractivity contribution in [3.05, 3.63) is 58.7 Å². The van der Waals surface area contributed by atoms with Gasteiger partial charge in [0.1, 0.15) is 0 Å². The summed E-state index contributed by atoms with van der Waals surface area (Å²) in [5.41, 5.74) is 8.10. The molecule has 4 rings (SSSR count). The summed E-state index contributed by atoms with van der Waals surface area (Å²) in [4.78, 5) is 4.78. The number of aryl methyl sites for hydroxylation is 1. The minimum absolute atomic E-state index is 0.697. The van der Waals surface area contributed by atoms with Gasteiger partial charge >= 0.3 is 0 Å². The highest BCUT2D eigenvalue weighted by atomic mass is 15.1. The van der Waals surface area contributed by atoms with Crippen molar-refractivity contribution in [2.45, 2.75) is 19.9 Å². The van der Waals surface area contributed by atoms with Crippen molar-refractivity contribution < 1.29 is 0 Å². The lowest BCUT2D eigenvalue weighted by Crippen LogP contribution is -2.01. The number of aliphatic imine (C=N–C) groups is 1. The van der Waals surface area contributed by atoms with Gasteiger partial charge in [-0.3, -0.25) is 4.99 Å². The fourth-order valence-corrected chi connectivity index (χ4v) is 2.70. The Balaban J connectivity index is 1.83. The summed E-state index contributed by atoms with van der Waals surface area (Å²) in [6, 6.07) is 12.7. The fraction of sp³-hybridized carbons (Fsp3) is 0.188. The van der Waals surface area contributed by atoms with Crippen molar-refractivity contribution in [3.63, 3.8) is 0 Å². The highest BCUT2D eigenvalue weighted by Gasteiger charge is 2.21. The van der Waals surface area contributed by atoms with Gasteiger partial charge in [0.15, 0.2) is 0 Å². The number of fused-ring (bicyclic) bond motifs is 2. The largest absolute Gasteiger partial charge is 0.252 e. The van der Waals surface area contributed by atoms with E-state index in [-0.39, 0.29) is 0 Å². The maximum Gasteiger partial charge on any atom is 0.0994 e. The van der Waals surface area contributed by atoms with Crippen LogP contribution in [0.5, 0.6) is 0 Å². The van der Waals surface area contributed by atoms with Gasteiger partial charge in [0.05, 0.1) is 23.6 Å². The molecule has 0 unspecified atom stereocenters. The molecular weight excluding hydrogens is 234 g/mol. The van der Waals surface area contributed by atoms with E-state index in [9.17, 15) is 0 Å². The quantitative estimate of drug-likeness (QED) is 0.721. The monoisotopic (exact) mass is 247 g/mol. The summed E-state index contributed by atoms with van der Waals surface area (Å²) in [7, 11) is 0. The molecule has 3 heteroatoms. The van der Waals surface area contributed by atoms with E-state index < -0.39 is 0 Å². The molecule has 2 aromatic carbocycles. The molecule has 0 amide bonds. The van der Waals surface area contributed by atoms with Gasteiger partial charge in [-0.25, -0.2) is 0 Å². The second kappa shape index (κ2) is 3.85. The Morgan fingerprint density at radius 1 is 1.05 bits per heavy atom. The topological polar surface area (TPSA) is 37.1 Å². The lowest BCUT2D eigenvalue weighted by Gasteiger charge is -2.04. The summed E-state index contributed by atoms with van der Waals surface area (Å²) >= 11 is 0. The molecule has 19 heavy (non-hydrogen) atoms. The van der Waals surface area contributed by atoms with Gasteiger partial charge in [-0.05, 0) is 24.1 Å². The molecule has 0 aliphatic carbocycles. The Morgan fingerprint density at radius 3 is 2.95 bits per heavy atom. The molecule has 0 saturated heterocycles. The highest BCUT2D eigenvalue weighted by Crippen LogP contribution is 2.36. The molecule has 0 radical (unpaired) electrons. The van der Waals surface area contributed by atoms with Crippen molar-refractivity contribution in [1.82, 2.24) is 0 Å². The van der Waals surface area contributed by atoms with Crippen LogP contribution < -0.4 is 0 Å². The third-order valence-electron chi connectivity index (χ3n) is 3.70. The van der Waals surface area contributed by atoms with E-state index in [0.717, 1.165) is 29.1 Å². The molecule has 92 valence electrons. The van der Waals surface area contributed by atoms with Gasteiger partial charge in [-0.15, -0.1) is 0 Å². The zero-order chi connectivity index (χ0) is 12.8. The maximum atomic E-state index is 4.78. The molecule has 0 bridgehead atoms. The zero-order valence-electron chi connectivity index (χ0n) is 10.7. The van der Waals surface area contributed by atoms with Gasteiger partial charge in [-0.2, -0.15) is 10.2 Å². The van der Waals surface area contributed by atoms with Crippen LogP contribution in [0, 0.1) is 6.92 Å². The summed E-state index contributed by atoms with van der Waals surface area (Å²) in [5.74, 6) is 0. The van der Waals surface area contributed by atoms with Crippen molar-refractivity contribution in [2.24, 2.45) is 15.2 Å². The van der Waals surface area contributed by atoms with E-state index in [1.165, 1.54) is 16.7 Å². The first-order valence-electron chi connectivity index (χ1n) is 6.48. The van der Waals surface area contributed by atoms with Crippen LogP contribution in [0.25, 0.3) is 0 Å². The third-order valence-corrected chi connectivity index (χ3v) is 3.70. The van der Waals surface area contributed by atoms with Crippen LogP contribution >= 0.6 is 0 Å². The molecule has 0 fully saturated rings. The Hall–Kier alpha value is -2.29. The molecule has 0 N–H and O–H groups in total. The molecule has 2 aliphatic rings. The predicted molar refractivity (Wildman–Crippen MR) is 75.7 cm³/mol. The highest BCUT2D eigenvalue weighted by molar-refractivity contribution is 6.10. The van der Waals surface area contributed by atoms with Gasteiger partial charge in [0.25, 0.3) is 0 Å². The minimum Gasteiger partial charge on any atom is -0.252 e. The van der Waals surface area contributed by atoms with Gasteiger partial charge in [0, 0.05) is 17.5 Å². The number of hydrogen-bond donors (Lipinski definition) is 0. The summed E-state index contributed by atoms with van der Waals surface area (Å²) in [6.07, 6.45) is 0.890. The van der Waals surface area contributed by atoms with Crippen molar-refractivity contribution in [2.75, 3.05) is 0 Å². The van der Waals surface area contributed by atoms with E-state index in [0.29, 0.717) is 6.54 Å². The van der Waals surface area contributed by atoms with Gasteiger partial charge in [-0.1, -0.05) is 30.3 Å². The minimum atomic E-state index is 0.697. The number of benzene rings is 2.